The van der Waals surface area contributed by atoms with E-state index in [1.165, 1.54) is 29.8 Å². The van der Waals surface area contributed by atoms with Crippen LogP contribution >= 0.6 is 0 Å². The molecule has 2 aliphatic rings. The summed E-state index contributed by atoms with van der Waals surface area (Å²) in [5, 5.41) is 0. The Morgan fingerprint density at radius 1 is 1.39 bits per heavy atom. The molecule has 0 amide bonds. The van der Waals surface area contributed by atoms with Gasteiger partial charge in [-0.05, 0) is 50.7 Å². The fourth-order valence-electron chi connectivity index (χ4n) is 3.13. The van der Waals surface area contributed by atoms with Crippen molar-refractivity contribution in [2.24, 2.45) is 0 Å². The Hall–Kier alpha value is -1.51. The number of aromatic nitrogens is 1. The van der Waals surface area contributed by atoms with Crippen molar-refractivity contribution in [2.45, 2.75) is 45.6 Å². The molecule has 1 aliphatic carbocycles. The maximum Gasteiger partial charge on any atom is 0.340 e. The van der Waals surface area contributed by atoms with Crippen molar-refractivity contribution in [3.8, 4) is 0 Å². The van der Waals surface area contributed by atoms with Gasteiger partial charge in [-0.2, -0.15) is 0 Å². The summed E-state index contributed by atoms with van der Waals surface area (Å²) >= 11 is 0. The summed E-state index contributed by atoms with van der Waals surface area (Å²) in [4.78, 5) is 12.2. The molecule has 1 aromatic heterocycles. The minimum atomic E-state index is -0.125. The van der Waals surface area contributed by atoms with Gasteiger partial charge >= 0.3 is 5.97 Å². The minimum absolute atomic E-state index is 0.125. The number of esters is 1. The van der Waals surface area contributed by atoms with Crippen LogP contribution in [0.5, 0.6) is 0 Å². The average Bonchev–Trinajstić information content (AvgIpc) is 2.73. The molecule has 0 fully saturated rings. The van der Waals surface area contributed by atoms with E-state index in [0.29, 0.717) is 6.61 Å². The highest BCUT2D eigenvalue weighted by molar-refractivity contribution is 5.94. The lowest BCUT2D eigenvalue weighted by atomic mass is 9.98. The van der Waals surface area contributed by atoms with Gasteiger partial charge in [-0.15, -0.1) is 0 Å². The fraction of sp³-hybridized carbons (Fsp3) is 0.533. The number of hydrogen-bond donors (Lipinski definition) is 0. The SMILES string of the molecule is CCOC(=O)c1c2c(n3c1CCCC3)C=CCC2. The molecule has 0 unspecified atom stereocenters. The zero-order chi connectivity index (χ0) is 12.5. The number of hydrogen-bond acceptors (Lipinski definition) is 2. The molecule has 3 heteroatoms. The molecule has 0 saturated heterocycles. The fourth-order valence-corrected chi connectivity index (χ4v) is 3.13. The van der Waals surface area contributed by atoms with Crippen LogP contribution in [0.2, 0.25) is 0 Å². The van der Waals surface area contributed by atoms with E-state index in [0.717, 1.165) is 31.4 Å². The molecule has 96 valence electrons. The lowest BCUT2D eigenvalue weighted by Crippen LogP contribution is -2.14. The van der Waals surface area contributed by atoms with E-state index in [1.807, 2.05) is 6.92 Å². The van der Waals surface area contributed by atoms with E-state index in [1.54, 1.807) is 0 Å². The number of fused-ring (bicyclic) bond motifs is 3. The van der Waals surface area contributed by atoms with Crippen LogP contribution in [0.1, 0.15) is 53.5 Å². The molecular formula is C15H19NO2. The number of allylic oxidation sites excluding steroid dienone is 1. The largest absolute Gasteiger partial charge is 0.462 e. The smallest absolute Gasteiger partial charge is 0.340 e. The molecule has 0 spiro atoms. The predicted octanol–water partition coefficient (Wildman–Crippen LogP) is 2.96. The Kier molecular flexibility index (Phi) is 2.98. The van der Waals surface area contributed by atoms with E-state index < -0.39 is 0 Å². The van der Waals surface area contributed by atoms with Gasteiger partial charge in [-0.1, -0.05) is 6.08 Å². The Labute approximate surface area is 107 Å². The third kappa shape index (κ3) is 1.69. The average molecular weight is 245 g/mol. The first-order valence-corrected chi connectivity index (χ1v) is 6.90. The monoisotopic (exact) mass is 245 g/mol. The summed E-state index contributed by atoms with van der Waals surface area (Å²) in [5.74, 6) is -0.125. The second-order valence-electron chi connectivity index (χ2n) is 4.96. The highest BCUT2D eigenvalue weighted by Crippen LogP contribution is 2.33. The molecule has 18 heavy (non-hydrogen) atoms. The molecule has 0 N–H and O–H groups in total. The zero-order valence-corrected chi connectivity index (χ0v) is 10.9. The second-order valence-corrected chi connectivity index (χ2v) is 4.96. The second kappa shape index (κ2) is 4.63. The van der Waals surface area contributed by atoms with E-state index in [9.17, 15) is 4.79 Å². The topological polar surface area (TPSA) is 31.2 Å². The van der Waals surface area contributed by atoms with Gasteiger partial charge in [-0.25, -0.2) is 4.79 Å². The van der Waals surface area contributed by atoms with Gasteiger partial charge in [0, 0.05) is 17.9 Å². The number of ether oxygens (including phenoxy) is 1. The minimum Gasteiger partial charge on any atom is -0.462 e. The van der Waals surface area contributed by atoms with Crippen LogP contribution < -0.4 is 0 Å². The Bertz CT molecular complexity index is 511. The van der Waals surface area contributed by atoms with E-state index in [-0.39, 0.29) is 5.97 Å². The van der Waals surface area contributed by atoms with Crippen LogP contribution in [0.3, 0.4) is 0 Å². The van der Waals surface area contributed by atoms with E-state index >= 15 is 0 Å². The third-order valence-corrected chi connectivity index (χ3v) is 3.88. The Morgan fingerprint density at radius 3 is 3.11 bits per heavy atom. The van der Waals surface area contributed by atoms with Crippen LogP contribution in [-0.4, -0.2) is 17.1 Å². The van der Waals surface area contributed by atoms with Crippen molar-refractivity contribution in [3.63, 3.8) is 0 Å². The van der Waals surface area contributed by atoms with Crippen LogP contribution in [0.25, 0.3) is 6.08 Å². The maximum absolute atomic E-state index is 12.2. The van der Waals surface area contributed by atoms with Gasteiger partial charge < -0.3 is 9.30 Å². The van der Waals surface area contributed by atoms with Gasteiger partial charge in [0.2, 0.25) is 0 Å². The molecule has 0 bridgehead atoms. The molecule has 3 nitrogen and oxygen atoms in total. The van der Waals surface area contributed by atoms with Crippen molar-refractivity contribution in [1.29, 1.82) is 0 Å². The molecule has 3 rings (SSSR count). The molecule has 0 radical (unpaired) electrons. The number of rotatable bonds is 2. The number of carbonyl (C=O) groups is 1. The molecule has 0 aromatic carbocycles. The van der Waals surface area contributed by atoms with Gasteiger partial charge in [0.25, 0.3) is 0 Å². The van der Waals surface area contributed by atoms with Gasteiger partial charge in [-0.3, -0.25) is 0 Å². The molecule has 0 atom stereocenters. The van der Waals surface area contributed by atoms with Crippen LogP contribution in [0, 0.1) is 0 Å². The quantitative estimate of drug-likeness (QED) is 0.750. The summed E-state index contributed by atoms with van der Waals surface area (Å²) in [6, 6.07) is 0. The summed E-state index contributed by atoms with van der Waals surface area (Å²) in [5.41, 5.74) is 4.54. The van der Waals surface area contributed by atoms with Crippen LogP contribution in [0.4, 0.5) is 0 Å². The standard InChI is InChI=1S/C15H19NO2/c1-2-18-15(17)14-11-7-3-4-8-12(11)16-10-6-5-9-13(14)16/h4,8H,2-3,5-7,9-10H2,1H3. The first kappa shape index (κ1) is 11.6. The molecule has 1 aromatic rings. The first-order chi connectivity index (χ1) is 8.83. The summed E-state index contributed by atoms with van der Waals surface area (Å²) in [6.07, 6.45) is 9.79. The number of carbonyl (C=O) groups excluding carboxylic acids is 1. The van der Waals surface area contributed by atoms with E-state index in [2.05, 4.69) is 16.7 Å². The summed E-state index contributed by atoms with van der Waals surface area (Å²) in [6.45, 7) is 3.36. The maximum atomic E-state index is 12.2. The van der Waals surface area contributed by atoms with Crippen molar-refractivity contribution < 1.29 is 9.53 Å². The Morgan fingerprint density at radius 2 is 2.28 bits per heavy atom. The molecule has 1 aliphatic heterocycles. The molecule has 0 saturated carbocycles. The Balaban J connectivity index is 2.14. The number of nitrogens with zero attached hydrogens (tertiary/aromatic N) is 1. The molecular weight excluding hydrogens is 226 g/mol. The summed E-state index contributed by atoms with van der Waals surface area (Å²) in [7, 11) is 0. The highest BCUT2D eigenvalue weighted by Gasteiger charge is 2.28. The van der Waals surface area contributed by atoms with Crippen molar-refractivity contribution in [2.75, 3.05) is 6.61 Å². The molecule has 2 heterocycles. The van der Waals surface area contributed by atoms with Gasteiger partial charge in [0.1, 0.15) is 0 Å². The highest BCUT2D eigenvalue weighted by atomic mass is 16.5. The van der Waals surface area contributed by atoms with Gasteiger partial charge in [0.15, 0.2) is 0 Å². The van der Waals surface area contributed by atoms with Crippen molar-refractivity contribution in [3.05, 3.63) is 28.6 Å². The van der Waals surface area contributed by atoms with E-state index in [4.69, 9.17) is 4.74 Å². The van der Waals surface area contributed by atoms with Gasteiger partial charge in [0.05, 0.1) is 12.2 Å². The van der Waals surface area contributed by atoms with Crippen LogP contribution in [-0.2, 0) is 24.1 Å². The van der Waals surface area contributed by atoms with Crippen molar-refractivity contribution >= 4 is 12.0 Å². The van der Waals surface area contributed by atoms with Crippen LogP contribution in [0.15, 0.2) is 6.08 Å². The normalized spacial score (nSPS) is 17.2. The predicted molar refractivity (Wildman–Crippen MR) is 70.7 cm³/mol. The zero-order valence-electron chi connectivity index (χ0n) is 10.9. The van der Waals surface area contributed by atoms with Crippen molar-refractivity contribution in [1.82, 2.24) is 4.57 Å². The lowest BCUT2D eigenvalue weighted by Gasteiger charge is -2.18. The third-order valence-electron chi connectivity index (χ3n) is 3.88. The first-order valence-electron chi connectivity index (χ1n) is 6.90. The summed E-state index contributed by atoms with van der Waals surface area (Å²) < 4.78 is 7.58. The lowest BCUT2D eigenvalue weighted by molar-refractivity contribution is 0.0523.